The molecule has 1 saturated heterocycles. The van der Waals surface area contributed by atoms with Crippen LogP contribution in [0.3, 0.4) is 0 Å². The van der Waals surface area contributed by atoms with Crippen molar-refractivity contribution in [3.05, 3.63) is 35.9 Å². The number of piperidine rings is 1. The number of hydrogen-bond acceptors (Lipinski definition) is 4. The van der Waals surface area contributed by atoms with Gasteiger partial charge in [-0.15, -0.1) is 0 Å². The predicted octanol–water partition coefficient (Wildman–Crippen LogP) is 0.999. The fourth-order valence-electron chi connectivity index (χ4n) is 2.73. The van der Waals surface area contributed by atoms with E-state index in [2.05, 4.69) is 5.32 Å². The number of carbonyl (C=O) groups excluding carboxylic acids is 2. The molecule has 0 radical (unpaired) electrons. The molecule has 0 aromatic heterocycles. The molecule has 132 valence electrons. The Kier molecular flexibility index (Phi) is 7.71. The Morgan fingerprint density at radius 3 is 2.54 bits per heavy atom. The van der Waals surface area contributed by atoms with E-state index >= 15 is 0 Å². The zero-order valence-corrected chi connectivity index (χ0v) is 14.2. The summed E-state index contributed by atoms with van der Waals surface area (Å²) in [4.78, 5) is 25.9. The molecule has 1 fully saturated rings. The number of methoxy groups -OCH3 is 1. The number of carbonyl (C=O) groups is 2. The highest BCUT2D eigenvalue weighted by molar-refractivity contribution is 5.79. The fraction of sp³-hybridized carbons (Fsp3) is 0.556. The van der Waals surface area contributed by atoms with Crippen molar-refractivity contribution in [2.75, 3.05) is 40.0 Å². The summed E-state index contributed by atoms with van der Waals surface area (Å²) in [5.41, 5.74) is 1.01. The lowest BCUT2D eigenvalue weighted by molar-refractivity contribution is -0.137. The van der Waals surface area contributed by atoms with Crippen molar-refractivity contribution in [2.45, 2.75) is 25.3 Å². The quantitative estimate of drug-likeness (QED) is 0.720. The lowest BCUT2D eigenvalue weighted by Crippen LogP contribution is -2.47. The highest BCUT2D eigenvalue weighted by Crippen LogP contribution is 2.11. The van der Waals surface area contributed by atoms with E-state index < -0.39 is 0 Å². The average Bonchev–Trinajstić information content (AvgIpc) is 2.60. The van der Waals surface area contributed by atoms with Gasteiger partial charge in [0, 0.05) is 26.2 Å². The van der Waals surface area contributed by atoms with Crippen molar-refractivity contribution in [3.8, 4) is 0 Å². The van der Waals surface area contributed by atoms with Crippen LogP contribution in [0.15, 0.2) is 30.3 Å². The molecule has 0 bridgehead atoms. The number of benzene rings is 1. The number of nitrogens with one attached hydrogen (secondary N) is 1. The molecule has 1 aromatic rings. The van der Waals surface area contributed by atoms with Crippen molar-refractivity contribution in [2.24, 2.45) is 0 Å². The van der Waals surface area contributed by atoms with E-state index in [0.717, 1.165) is 18.4 Å². The van der Waals surface area contributed by atoms with Gasteiger partial charge in [-0.3, -0.25) is 9.59 Å². The van der Waals surface area contributed by atoms with Gasteiger partial charge < -0.3 is 19.7 Å². The number of ether oxygens (including phenoxy) is 2. The molecule has 24 heavy (non-hydrogen) atoms. The average molecular weight is 334 g/mol. The summed E-state index contributed by atoms with van der Waals surface area (Å²) in [5.74, 6) is 0.0361. The van der Waals surface area contributed by atoms with Crippen LogP contribution in [-0.2, 0) is 25.5 Å². The van der Waals surface area contributed by atoms with Crippen LogP contribution < -0.4 is 5.32 Å². The SMILES string of the molecule is COCCOCC(=O)N1CCC(NC(=O)Cc2ccccc2)CC1. The number of nitrogens with zero attached hydrogens (tertiary/aromatic N) is 1. The van der Waals surface area contributed by atoms with Crippen LogP contribution >= 0.6 is 0 Å². The smallest absolute Gasteiger partial charge is 0.248 e. The van der Waals surface area contributed by atoms with Crippen LogP contribution in [-0.4, -0.2) is 62.8 Å². The van der Waals surface area contributed by atoms with Crippen molar-refractivity contribution in [3.63, 3.8) is 0 Å². The molecule has 6 nitrogen and oxygen atoms in total. The van der Waals surface area contributed by atoms with Gasteiger partial charge in [-0.05, 0) is 18.4 Å². The summed E-state index contributed by atoms with van der Waals surface area (Å²) in [7, 11) is 1.60. The van der Waals surface area contributed by atoms with Gasteiger partial charge in [0.15, 0.2) is 0 Å². The van der Waals surface area contributed by atoms with E-state index in [-0.39, 0.29) is 24.5 Å². The Labute approximate surface area is 143 Å². The first-order valence-corrected chi connectivity index (χ1v) is 8.37. The third-order valence-electron chi connectivity index (χ3n) is 4.08. The van der Waals surface area contributed by atoms with Gasteiger partial charge in [-0.1, -0.05) is 30.3 Å². The second-order valence-corrected chi connectivity index (χ2v) is 5.93. The van der Waals surface area contributed by atoms with Gasteiger partial charge in [0.25, 0.3) is 0 Å². The predicted molar refractivity (Wildman–Crippen MR) is 90.6 cm³/mol. The highest BCUT2D eigenvalue weighted by Gasteiger charge is 2.23. The third-order valence-corrected chi connectivity index (χ3v) is 4.08. The number of hydrogen-bond donors (Lipinski definition) is 1. The lowest BCUT2D eigenvalue weighted by Gasteiger charge is -2.32. The summed E-state index contributed by atoms with van der Waals surface area (Å²) in [6.07, 6.45) is 1.96. The van der Waals surface area contributed by atoms with E-state index in [0.29, 0.717) is 32.7 Å². The molecule has 6 heteroatoms. The Morgan fingerprint density at radius 2 is 1.88 bits per heavy atom. The first kappa shape index (κ1) is 18.4. The van der Waals surface area contributed by atoms with Crippen molar-refractivity contribution >= 4 is 11.8 Å². The molecular formula is C18H26N2O4. The van der Waals surface area contributed by atoms with Gasteiger partial charge in [-0.2, -0.15) is 0 Å². The largest absolute Gasteiger partial charge is 0.382 e. The van der Waals surface area contributed by atoms with E-state index in [4.69, 9.17) is 9.47 Å². The molecule has 0 unspecified atom stereocenters. The van der Waals surface area contributed by atoms with Crippen LogP contribution in [0.25, 0.3) is 0 Å². The Balaban J connectivity index is 1.65. The molecule has 1 N–H and O–H groups in total. The first-order valence-electron chi connectivity index (χ1n) is 8.37. The van der Waals surface area contributed by atoms with Gasteiger partial charge in [-0.25, -0.2) is 0 Å². The minimum absolute atomic E-state index is 0.000153. The molecular weight excluding hydrogens is 308 g/mol. The second-order valence-electron chi connectivity index (χ2n) is 5.93. The Bertz CT molecular complexity index is 513. The molecule has 0 atom stereocenters. The van der Waals surface area contributed by atoms with Crippen LogP contribution in [0, 0.1) is 0 Å². The third kappa shape index (κ3) is 6.29. The summed E-state index contributed by atoms with van der Waals surface area (Å²) < 4.78 is 10.1. The van der Waals surface area contributed by atoms with E-state index in [1.54, 1.807) is 12.0 Å². The summed E-state index contributed by atoms with van der Waals surface area (Å²) in [6.45, 7) is 2.32. The highest BCUT2D eigenvalue weighted by atomic mass is 16.5. The molecule has 1 aliphatic heterocycles. The van der Waals surface area contributed by atoms with Crippen LogP contribution in [0.5, 0.6) is 0 Å². The number of rotatable bonds is 8. The monoisotopic (exact) mass is 334 g/mol. The first-order chi connectivity index (χ1) is 11.7. The maximum Gasteiger partial charge on any atom is 0.248 e. The Morgan fingerprint density at radius 1 is 1.17 bits per heavy atom. The maximum absolute atomic E-state index is 12.1. The van der Waals surface area contributed by atoms with Gasteiger partial charge >= 0.3 is 0 Å². The molecule has 2 amide bonds. The molecule has 0 aliphatic carbocycles. The molecule has 1 aromatic carbocycles. The van der Waals surface area contributed by atoms with Gasteiger partial charge in [0.05, 0.1) is 19.6 Å². The van der Waals surface area contributed by atoms with E-state index in [1.807, 2.05) is 30.3 Å². The number of likely N-dealkylation sites (tertiary alicyclic amines) is 1. The van der Waals surface area contributed by atoms with Crippen molar-refractivity contribution in [1.29, 1.82) is 0 Å². The summed E-state index contributed by atoms with van der Waals surface area (Å²) in [5, 5.41) is 3.06. The minimum atomic E-state index is 0.000153. The van der Waals surface area contributed by atoms with Crippen molar-refractivity contribution in [1.82, 2.24) is 10.2 Å². The van der Waals surface area contributed by atoms with Crippen LogP contribution in [0.4, 0.5) is 0 Å². The second kappa shape index (κ2) is 10.1. The maximum atomic E-state index is 12.1. The van der Waals surface area contributed by atoms with E-state index in [9.17, 15) is 9.59 Å². The fourth-order valence-corrected chi connectivity index (χ4v) is 2.73. The lowest BCUT2D eigenvalue weighted by atomic mass is 10.0. The van der Waals surface area contributed by atoms with Gasteiger partial charge in [0.1, 0.15) is 6.61 Å². The molecule has 2 rings (SSSR count). The molecule has 1 aliphatic rings. The standard InChI is InChI=1S/C18H26N2O4/c1-23-11-12-24-14-18(22)20-9-7-16(8-10-20)19-17(21)13-15-5-3-2-4-6-15/h2-6,16H,7-14H2,1H3,(H,19,21). The zero-order chi connectivity index (χ0) is 17.2. The summed E-state index contributed by atoms with van der Waals surface area (Å²) >= 11 is 0. The zero-order valence-electron chi connectivity index (χ0n) is 14.2. The normalized spacial score (nSPS) is 15.3. The molecule has 1 heterocycles. The van der Waals surface area contributed by atoms with Gasteiger partial charge in [0.2, 0.25) is 11.8 Å². The minimum Gasteiger partial charge on any atom is -0.382 e. The number of amides is 2. The van der Waals surface area contributed by atoms with Crippen molar-refractivity contribution < 1.29 is 19.1 Å². The van der Waals surface area contributed by atoms with E-state index in [1.165, 1.54) is 0 Å². The van der Waals surface area contributed by atoms with Crippen LogP contribution in [0.1, 0.15) is 18.4 Å². The summed E-state index contributed by atoms with van der Waals surface area (Å²) in [6, 6.07) is 9.84. The molecule has 0 saturated carbocycles. The van der Waals surface area contributed by atoms with Crippen LogP contribution in [0.2, 0.25) is 0 Å². The topological polar surface area (TPSA) is 67.9 Å². The Hall–Kier alpha value is -1.92. The molecule has 0 spiro atoms.